The molecule has 21 heavy (non-hydrogen) atoms. The SMILES string of the molecule is CO[C@@H]1C[C@H](C(=O)NCCc2ccc(C)cc2)CC[C@@H]1O. The smallest absolute Gasteiger partial charge is 0.223 e. The van der Waals surface area contributed by atoms with Gasteiger partial charge in [-0.25, -0.2) is 0 Å². The predicted octanol–water partition coefficient (Wildman–Crippen LogP) is 1.83. The number of aliphatic hydroxyl groups is 1. The van der Waals surface area contributed by atoms with Gasteiger partial charge in [-0.3, -0.25) is 4.79 Å². The van der Waals surface area contributed by atoms with Gasteiger partial charge in [0.2, 0.25) is 5.91 Å². The molecule has 3 atom stereocenters. The summed E-state index contributed by atoms with van der Waals surface area (Å²) >= 11 is 0. The van der Waals surface area contributed by atoms with Crippen LogP contribution in [-0.4, -0.2) is 36.9 Å². The highest BCUT2D eigenvalue weighted by Crippen LogP contribution is 2.26. The van der Waals surface area contributed by atoms with E-state index in [0.29, 0.717) is 19.4 Å². The topological polar surface area (TPSA) is 58.6 Å². The van der Waals surface area contributed by atoms with Crippen molar-refractivity contribution in [1.29, 1.82) is 0 Å². The van der Waals surface area contributed by atoms with E-state index >= 15 is 0 Å². The molecule has 1 fully saturated rings. The van der Waals surface area contributed by atoms with Crippen molar-refractivity contribution in [2.75, 3.05) is 13.7 Å². The van der Waals surface area contributed by atoms with E-state index in [0.717, 1.165) is 12.8 Å². The summed E-state index contributed by atoms with van der Waals surface area (Å²) < 4.78 is 5.24. The first-order valence-corrected chi connectivity index (χ1v) is 7.64. The molecule has 2 N–H and O–H groups in total. The number of amides is 1. The number of rotatable bonds is 5. The molecule has 4 heteroatoms. The van der Waals surface area contributed by atoms with Crippen LogP contribution in [-0.2, 0) is 16.0 Å². The van der Waals surface area contributed by atoms with Crippen LogP contribution in [0, 0.1) is 12.8 Å². The summed E-state index contributed by atoms with van der Waals surface area (Å²) in [6, 6.07) is 8.37. The van der Waals surface area contributed by atoms with Crippen LogP contribution in [0.5, 0.6) is 0 Å². The van der Waals surface area contributed by atoms with Crippen molar-refractivity contribution in [2.24, 2.45) is 5.92 Å². The molecule has 1 aromatic carbocycles. The van der Waals surface area contributed by atoms with Crippen LogP contribution in [0.2, 0.25) is 0 Å². The summed E-state index contributed by atoms with van der Waals surface area (Å²) in [5, 5.41) is 12.8. The van der Waals surface area contributed by atoms with Gasteiger partial charge in [0.25, 0.3) is 0 Å². The molecule has 1 aliphatic rings. The van der Waals surface area contributed by atoms with Crippen LogP contribution in [0.25, 0.3) is 0 Å². The van der Waals surface area contributed by atoms with Crippen LogP contribution in [0.15, 0.2) is 24.3 Å². The Morgan fingerprint density at radius 1 is 1.33 bits per heavy atom. The maximum absolute atomic E-state index is 12.2. The van der Waals surface area contributed by atoms with Gasteiger partial charge in [-0.05, 0) is 38.2 Å². The van der Waals surface area contributed by atoms with E-state index in [4.69, 9.17) is 4.74 Å². The van der Waals surface area contributed by atoms with Gasteiger partial charge in [0.15, 0.2) is 0 Å². The van der Waals surface area contributed by atoms with E-state index < -0.39 is 6.10 Å². The molecule has 1 amide bonds. The molecule has 4 nitrogen and oxygen atoms in total. The van der Waals surface area contributed by atoms with Crippen molar-refractivity contribution in [3.63, 3.8) is 0 Å². The molecule has 0 unspecified atom stereocenters. The fourth-order valence-corrected chi connectivity index (χ4v) is 2.83. The average Bonchev–Trinajstić information content (AvgIpc) is 2.49. The van der Waals surface area contributed by atoms with Gasteiger partial charge >= 0.3 is 0 Å². The van der Waals surface area contributed by atoms with Gasteiger partial charge in [0, 0.05) is 19.6 Å². The van der Waals surface area contributed by atoms with Crippen molar-refractivity contribution < 1.29 is 14.6 Å². The Morgan fingerprint density at radius 3 is 2.71 bits per heavy atom. The van der Waals surface area contributed by atoms with E-state index in [9.17, 15) is 9.90 Å². The summed E-state index contributed by atoms with van der Waals surface area (Å²) in [6.07, 6.45) is 2.16. The van der Waals surface area contributed by atoms with Crippen molar-refractivity contribution in [1.82, 2.24) is 5.32 Å². The Bertz CT molecular complexity index is 458. The van der Waals surface area contributed by atoms with Crippen LogP contribution in [0.4, 0.5) is 0 Å². The Balaban J connectivity index is 1.75. The molecule has 0 radical (unpaired) electrons. The van der Waals surface area contributed by atoms with Crippen molar-refractivity contribution in [2.45, 2.75) is 44.8 Å². The minimum Gasteiger partial charge on any atom is -0.390 e. The van der Waals surface area contributed by atoms with Crippen molar-refractivity contribution in [3.8, 4) is 0 Å². The van der Waals surface area contributed by atoms with Gasteiger partial charge in [0.05, 0.1) is 12.2 Å². The molecule has 0 aliphatic heterocycles. The summed E-state index contributed by atoms with van der Waals surface area (Å²) in [5.41, 5.74) is 2.48. The molecule has 0 bridgehead atoms. The molecular formula is C17H25NO3. The lowest BCUT2D eigenvalue weighted by atomic mass is 9.84. The third-order valence-electron chi connectivity index (χ3n) is 4.26. The molecule has 2 rings (SSSR count). The third kappa shape index (κ3) is 4.55. The van der Waals surface area contributed by atoms with Crippen LogP contribution in [0.3, 0.4) is 0 Å². The van der Waals surface area contributed by atoms with Gasteiger partial charge in [-0.15, -0.1) is 0 Å². The third-order valence-corrected chi connectivity index (χ3v) is 4.26. The van der Waals surface area contributed by atoms with E-state index in [1.165, 1.54) is 11.1 Å². The number of methoxy groups -OCH3 is 1. The number of carbonyl (C=O) groups is 1. The van der Waals surface area contributed by atoms with Gasteiger partial charge in [-0.2, -0.15) is 0 Å². The zero-order valence-corrected chi connectivity index (χ0v) is 12.8. The molecule has 116 valence electrons. The summed E-state index contributed by atoms with van der Waals surface area (Å²) in [4.78, 5) is 12.2. The van der Waals surface area contributed by atoms with Gasteiger partial charge in [-0.1, -0.05) is 29.8 Å². The first-order chi connectivity index (χ1) is 10.1. The number of nitrogens with one attached hydrogen (secondary N) is 1. The Morgan fingerprint density at radius 2 is 2.05 bits per heavy atom. The van der Waals surface area contributed by atoms with Crippen LogP contribution in [0.1, 0.15) is 30.4 Å². The Labute approximate surface area is 126 Å². The Hall–Kier alpha value is -1.39. The number of hydrogen-bond donors (Lipinski definition) is 2. The summed E-state index contributed by atoms with van der Waals surface area (Å²) in [5.74, 6) is 0.0347. The number of carbonyl (C=O) groups excluding carboxylic acids is 1. The fraction of sp³-hybridized carbons (Fsp3) is 0.588. The van der Waals surface area contributed by atoms with Crippen LogP contribution >= 0.6 is 0 Å². The first kappa shape index (κ1) is 16.0. The lowest BCUT2D eigenvalue weighted by Gasteiger charge is -2.31. The number of benzene rings is 1. The van der Waals surface area contributed by atoms with E-state index in [-0.39, 0.29) is 17.9 Å². The molecule has 1 aliphatic carbocycles. The maximum Gasteiger partial charge on any atom is 0.223 e. The van der Waals surface area contributed by atoms with Gasteiger partial charge < -0.3 is 15.2 Å². The molecule has 1 aromatic rings. The second-order valence-corrected chi connectivity index (χ2v) is 5.88. The first-order valence-electron chi connectivity index (χ1n) is 7.64. The number of aliphatic hydroxyl groups excluding tert-OH is 1. The zero-order valence-electron chi connectivity index (χ0n) is 12.8. The number of ether oxygens (including phenoxy) is 1. The Kier molecular flexibility index (Phi) is 5.76. The molecule has 0 aromatic heterocycles. The fourth-order valence-electron chi connectivity index (χ4n) is 2.83. The van der Waals surface area contributed by atoms with E-state index in [1.54, 1.807) is 7.11 Å². The van der Waals surface area contributed by atoms with Crippen molar-refractivity contribution >= 4 is 5.91 Å². The highest BCUT2D eigenvalue weighted by molar-refractivity contribution is 5.78. The predicted molar refractivity (Wildman–Crippen MR) is 82.0 cm³/mol. The number of aryl methyl sites for hydroxylation is 1. The minimum absolute atomic E-state index is 0.0450. The minimum atomic E-state index is -0.438. The molecule has 0 saturated heterocycles. The summed E-state index contributed by atoms with van der Waals surface area (Å²) in [6.45, 7) is 2.72. The van der Waals surface area contributed by atoms with Gasteiger partial charge in [0.1, 0.15) is 0 Å². The standard InChI is InChI=1S/C17H25NO3/c1-12-3-5-13(6-4-12)9-10-18-17(20)14-7-8-15(19)16(11-14)21-2/h3-6,14-16,19H,7-11H2,1-2H3,(H,18,20)/t14-,15+,16-/m1/s1. The lowest BCUT2D eigenvalue weighted by Crippen LogP contribution is -2.41. The van der Waals surface area contributed by atoms with E-state index in [1.807, 2.05) is 0 Å². The van der Waals surface area contributed by atoms with Crippen molar-refractivity contribution in [3.05, 3.63) is 35.4 Å². The highest BCUT2D eigenvalue weighted by atomic mass is 16.5. The quantitative estimate of drug-likeness (QED) is 0.870. The monoisotopic (exact) mass is 291 g/mol. The second-order valence-electron chi connectivity index (χ2n) is 5.88. The molecule has 0 heterocycles. The molecule has 0 spiro atoms. The normalized spacial score (nSPS) is 25.6. The number of hydrogen-bond acceptors (Lipinski definition) is 3. The maximum atomic E-state index is 12.2. The molecule has 1 saturated carbocycles. The zero-order chi connectivity index (χ0) is 15.2. The van der Waals surface area contributed by atoms with Crippen LogP contribution < -0.4 is 5.32 Å². The second kappa shape index (κ2) is 7.57. The van der Waals surface area contributed by atoms with E-state index in [2.05, 4.69) is 36.5 Å². The lowest BCUT2D eigenvalue weighted by molar-refractivity contribution is -0.130. The average molecular weight is 291 g/mol. The summed E-state index contributed by atoms with van der Waals surface area (Å²) in [7, 11) is 1.59. The highest BCUT2D eigenvalue weighted by Gasteiger charge is 2.32. The molecular weight excluding hydrogens is 266 g/mol. The largest absolute Gasteiger partial charge is 0.390 e.